The van der Waals surface area contributed by atoms with Crippen LogP contribution >= 0.6 is 0 Å². The van der Waals surface area contributed by atoms with Crippen LogP contribution in [0.1, 0.15) is 58.9 Å². The van der Waals surface area contributed by atoms with E-state index in [9.17, 15) is 14.4 Å². The Bertz CT molecular complexity index is 1190. The fourth-order valence-electron chi connectivity index (χ4n) is 5.07. The van der Waals surface area contributed by atoms with Gasteiger partial charge in [-0.15, -0.1) is 0 Å². The molecular formula is C22H20FN5O2. The molecular weight excluding hydrogens is 385 g/mol. The van der Waals surface area contributed by atoms with Crippen molar-refractivity contribution in [3.8, 4) is 5.82 Å². The van der Waals surface area contributed by atoms with Gasteiger partial charge >= 0.3 is 0 Å². The van der Waals surface area contributed by atoms with E-state index < -0.39 is 5.54 Å². The summed E-state index contributed by atoms with van der Waals surface area (Å²) in [5, 5.41) is 19.4. The molecule has 2 heterocycles. The van der Waals surface area contributed by atoms with Crippen molar-refractivity contribution in [2.75, 3.05) is 0 Å². The van der Waals surface area contributed by atoms with Gasteiger partial charge < -0.3 is 10.5 Å². The van der Waals surface area contributed by atoms with Crippen LogP contribution in [0.25, 0.3) is 5.82 Å². The van der Waals surface area contributed by atoms with Crippen LogP contribution in [-0.2, 0) is 12.0 Å². The summed E-state index contributed by atoms with van der Waals surface area (Å²) in [6.45, 7) is 0. The van der Waals surface area contributed by atoms with Crippen LogP contribution in [0.4, 0.5) is 4.39 Å². The van der Waals surface area contributed by atoms with Crippen LogP contribution in [0.5, 0.6) is 0 Å². The molecule has 3 aromatic rings. The molecule has 8 heteroatoms. The molecule has 2 fully saturated rings. The Morgan fingerprint density at radius 3 is 2.90 bits per heavy atom. The third-order valence-corrected chi connectivity index (χ3v) is 6.81. The predicted octanol–water partition coefficient (Wildman–Crippen LogP) is 2.51. The van der Waals surface area contributed by atoms with E-state index in [4.69, 9.17) is 0 Å². The molecule has 1 amide bonds. The van der Waals surface area contributed by atoms with Gasteiger partial charge in [-0.05, 0) is 44.1 Å². The summed E-state index contributed by atoms with van der Waals surface area (Å²) in [6, 6.07) is 6.63. The highest BCUT2D eigenvalue weighted by Gasteiger charge is 2.51. The molecule has 0 spiro atoms. The normalized spacial score (nSPS) is 22.7. The number of halogens is 1. The second-order valence-electron chi connectivity index (χ2n) is 8.57. The molecule has 2 atom stereocenters. The van der Waals surface area contributed by atoms with E-state index in [0.717, 1.165) is 30.5 Å². The highest BCUT2D eigenvalue weighted by Crippen LogP contribution is 2.57. The molecule has 1 aromatic carbocycles. The number of carbonyl (C=O) groups is 1. The molecule has 6 rings (SSSR count). The number of benzene rings is 1. The van der Waals surface area contributed by atoms with Crippen molar-refractivity contribution < 1.29 is 13.9 Å². The minimum Gasteiger partial charge on any atom is -0.619 e. The van der Waals surface area contributed by atoms with Gasteiger partial charge in [0, 0.05) is 17.0 Å². The SMILES string of the molecule is O=C(NC1(c2ccccc2F)CCC1)c1nn(-c2c[n+]([O-])ccn2)c2c1C[C@H]1C[C@@H]21. The molecule has 30 heavy (non-hydrogen) atoms. The second kappa shape index (κ2) is 6.10. The van der Waals surface area contributed by atoms with Gasteiger partial charge in [0.05, 0.1) is 17.4 Å². The number of hydrogen-bond acceptors (Lipinski definition) is 4. The number of nitrogens with zero attached hydrogens (tertiary/aromatic N) is 4. The smallest absolute Gasteiger partial charge is 0.272 e. The summed E-state index contributed by atoms with van der Waals surface area (Å²) in [5.41, 5.74) is 2.12. The molecule has 1 N–H and O–H groups in total. The Balaban J connectivity index is 1.39. The first kappa shape index (κ1) is 17.6. The maximum Gasteiger partial charge on any atom is 0.272 e. The summed E-state index contributed by atoms with van der Waals surface area (Å²) in [7, 11) is 0. The molecule has 0 saturated heterocycles. The minimum absolute atomic E-state index is 0.291. The zero-order valence-electron chi connectivity index (χ0n) is 16.2. The highest BCUT2D eigenvalue weighted by molar-refractivity contribution is 5.95. The molecule has 0 radical (unpaired) electrons. The van der Waals surface area contributed by atoms with Crippen LogP contribution in [0.15, 0.2) is 42.9 Å². The topological polar surface area (TPSA) is 86.8 Å². The fraction of sp³-hybridized carbons (Fsp3) is 0.364. The standard InChI is InChI=1S/C22H20FN5O2/c23-17-5-2-1-4-16(17)22(6-3-7-22)25-21(29)19-15-11-13-10-14(13)20(15)28(26-19)18-12-27(30)9-8-24-18/h1-2,4-5,8-9,12-14H,3,6-7,10-11H2,(H,25,29)/t13-,14-/m1/s1. The Labute approximate surface area is 172 Å². The number of fused-ring (bicyclic) bond motifs is 3. The largest absolute Gasteiger partial charge is 0.619 e. The van der Waals surface area contributed by atoms with Crippen LogP contribution in [0.2, 0.25) is 0 Å². The molecule has 3 aliphatic carbocycles. The molecule has 2 saturated carbocycles. The van der Waals surface area contributed by atoms with Crippen molar-refractivity contribution >= 4 is 5.91 Å². The monoisotopic (exact) mass is 405 g/mol. The summed E-state index contributed by atoms with van der Waals surface area (Å²) in [4.78, 5) is 17.6. The molecule has 0 bridgehead atoms. The van der Waals surface area contributed by atoms with Gasteiger partial charge in [0.1, 0.15) is 5.82 Å². The van der Waals surface area contributed by atoms with E-state index in [1.54, 1.807) is 22.9 Å². The lowest BCUT2D eigenvalue weighted by molar-refractivity contribution is -0.605. The predicted molar refractivity (Wildman–Crippen MR) is 104 cm³/mol. The van der Waals surface area contributed by atoms with Crippen LogP contribution < -0.4 is 10.0 Å². The number of nitrogens with one attached hydrogen (secondary N) is 1. The van der Waals surface area contributed by atoms with Crippen molar-refractivity contribution in [2.45, 2.75) is 43.6 Å². The average Bonchev–Trinajstić information content (AvgIpc) is 3.20. The zero-order valence-corrected chi connectivity index (χ0v) is 16.2. The van der Waals surface area contributed by atoms with E-state index in [1.807, 2.05) is 0 Å². The molecule has 0 aliphatic heterocycles. The number of amides is 1. The lowest BCUT2D eigenvalue weighted by atomic mass is 9.71. The molecule has 7 nitrogen and oxygen atoms in total. The van der Waals surface area contributed by atoms with Gasteiger partial charge in [0.2, 0.25) is 12.0 Å². The van der Waals surface area contributed by atoms with E-state index in [1.165, 1.54) is 24.7 Å². The van der Waals surface area contributed by atoms with Crippen molar-refractivity contribution in [3.63, 3.8) is 0 Å². The first-order chi connectivity index (χ1) is 14.6. The fourth-order valence-corrected chi connectivity index (χ4v) is 5.07. The molecule has 2 aromatic heterocycles. The van der Waals surface area contributed by atoms with Gasteiger partial charge in [-0.2, -0.15) is 9.83 Å². The summed E-state index contributed by atoms with van der Waals surface area (Å²) < 4.78 is 16.8. The highest BCUT2D eigenvalue weighted by atomic mass is 19.1. The minimum atomic E-state index is -0.691. The van der Waals surface area contributed by atoms with Gasteiger partial charge in [-0.25, -0.2) is 14.1 Å². The van der Waals surface area contributed by atoms with Crippen LogP contribution in [0, 0.1) is 16.9 Å². The lowest BCUT2D eigenvalue weighted by Crippen LogP contribution is -2.51. The second-order valence-corrected chi connectivity index (χ2v) is 8.57. The quantitative estimate of drug-likeness (QED) is 0.534. The van der Waals surface area contributed by atoms with E-state index in [-0.39, 0.29) is 11.7 Å². The molecule has 3 aliphatic rings. The van der Waals surface area contributed by atoms with Crippen molar-refractivity contribution in [1.29, 1.82) is 0 Å². The first-order valence-corrected chi connectivity index (χ1v) is 10.3. The van der Waals surface area contributed by atoms with Gasteiger partial charge in [0.25, 0.3) is 5.91 Å². The van der Waals surface area contributed by atoms with Crippen molar-refractivity contribution in [1.82, 2.24) is 20.1 Å². The number of aromatic nitrogens is 4. The van der Waals surface area contributed by atoms with Crippen molar-refractivity contribution in [2.24, 2.45) is 5.92 Å². The van der Waals surface area contributed by atoms with Crippen LogP contribution in [-0.4, -0.2) is 20.7 Å². The lowest BCUT2D eigenvalue weighted by Gasteiger charge is -2.43. The van der Waals surface area contributed by atoms with E-state index in [0.29, 0.717) is 46.5 Å². The van der Waals surface area contributed by atoms with E-state index >= 15 is 0 Å². The van der Waals surface area contributed by atoms with E-state index in [2.05, 4.69) is 15.4 Å². The third kappa shape index (κ3) is 2.49. The summed E-state index contributed by atoms with van der Waals surface area (Å²) >= 11 is 0. The van der Waals surface area contributed by atoms with Gasteiger partial charge in [-0.3, -0.25) is 4.79 Å². The summed E-state index contributed by atoms with van der Waals surface area (Å²) in [6.07, 6.45) is 8.31. The van der Waals surface area contributed by atoms with Crippen LogP contribution in [0.3, 0.4) is 0 Å². The average molecular weight is 405 g/mol. The maximum absolute atomic E-state index is 14.5. The number of rotatable bonds is 4. The first-order valence-electron chi connectivity index (χ1n) is 10.3. The summed E-state index contributed by atoms with van der Waals surface area (Å²) in [5.74, 6) is 0.703. The van der Waals surface area contributed by atoms with Crippen molar-refractivity contribution in [3.05, 3.63) is 76.4 Å². The Morgan fingerprint density at radius 2 is 2.17 bits per heavy atom. The molecule has 0 unspecified atom stereocenters. The zero-order chi connectivity index (χ0) is 20.5. The number of carbonyl (C=O) groups excluding carboxylic acids is 1. The third-order valence-electron chi connectivity index (χ3n) is 6.81. The van der Waals surface area contributed by atoms with Gasteiger partial charge in [-0.1, -0.05) is 18.2 Å². The number of hydrogen-bond donors (Lipinski definition) is 1. The Morgan fingerprint density at radius 1 is 1.33 bits per heavy atom. The maximum atomic E-state index is 14.5. The van der Waals surface area contributed by atoms with Gasteiger partial charge in [0.15, 0.2) is 11.9 Å². The Hall–Kier alpha value is -3.29. The molecule has 152 valence electrons. The Kier molecular flexibility index (Phi) is 3.57.